The molecule has 0 saturated heterocycles. The van der Waals surface area contributed by atoms with Crippen molar-refractivity contribution in [3.63, 3.8) is 0 Å². The van der Waals surface area contributed by atoms with E-state index in [1.165, 1.54) is 0 Å². The van der Waals surface area contributed by atoms with E-state index in [-0.39, 0.29) is 16.1 Å². The van der Waals surface area contributed by atoms with Crippen LogP contribution in [0.25, 0.3) is 0 Å². The van der Waals surface area contributed by atoms with Gasteiger partial charge in [-0.3, -0.25) is 0 Å². The fraction of sp³-hybridized carbons (Fsp3) is 0.0909. The van der Waals surface area contributed by atoms with Crippen molar-refractivity contribution in [1.82, 2.24) is 0 Å². The van der Waals surface area contributed by atoms with Crippen LogP contribution in [0.3, 0.4) is 0 Å². The third-order valence-electron chi connectivity index (χ3n) is 1.77. The van der Waals surface area contributed by atoms with Gasteiger partial charge >= 0.3 is 11.9 Å². The van der Waals surface area contributed by atoms with Crippen LogP contribution in [0.4, 0.5) is 4.39 Å². The van der Waals surface area contributed by atoms with E-state index in [1.807, 2.05) is 5.92 Å². The number of carbonyl (C=O) groups excluding carboxylic acids is 1. The molecule has 0 spiro atoms. The van der Waals surface area contributed by atoms with Gasteiger partial charge < -0.3 is 9.84 Å². The first-order valence-corrected chi connectivity index (χ1v) is 4.65. The van der Waals surface area contributed by atoms with Gasteiger partial charge in [-0.15, -0.1) is 0 Å². The molecule has 0 radical (unpaired) electrons. The SMILES string of the molecule is COC(=O)C#Cc1cc(Cl)c(C(=O)O)cc1F. The van der Waals surface area contributed by atoms with E-state index in [0.717, 1.165) is 19.2 Å². The Bertz CT molecular complexity index is 542. The molecule has 0 bridgehead atoms. The Kier molecular flexibility index (Phi) is 4.07. The van der Waals surface area contributed by atoms with Crippen LogP contribution < -0.4 is 0 Å². The molecule has 88 valence electrons. The van der Waals surface area contributed by atoms with Gasteiger partial charge in [0, 0.05) is 5.92 Å². The highest BCUT2D eigenvalue weighted by Gasteiger charge is 2.12. The maximum absolute atomic E-state index is 13.4. The van der Waals surface area contributed by atoms with Crippen molar-refractivity contribution in [2.75, 3.05) is 7.11 Å². The summed E-state index contributed by atoms with van der Waals surface area (Å²) in [5, 5.41) is 8.52. The van der Waals surface area contributed by atoms with Crippen LogP contribution in [0, 0.1) is 17.7 Å². The van der Waals surface area contributed by atoms with E-state index >= 15 is 0 Å². The number of ether oxygens (including phenoxy) is 1. The Labute approximate surface area is 101 Å². The molecule has 4 nitrogen and oxygen atoms in total. The number of hydrogen-bond acceptors (Lipinski definition) is 3. The molecule has 1 N–H and O–H groups in total. The summed E-state index contributed by atoms with van der Waals surface area (Å²) >= 11 is 5.61. The number of esters is 1. The average Bonchev–Trinajstić information content (AvgIpc) is 2.28. The third kappa shape index (κ3) is 3.20. The normalized spacial score (nSPS) is 9.12. The van der Waals surface area contributed by atoms with Crippen molar-refractivity contribution in [3.05, 3.63) is 34.1 Å². The maximum atomic E-state index is 13.4. The predicted molar refractivity (Wildman–Crippen MR) is 57.3 cm³/mol. The summed E-state index contributed by atoms with van der Waals surface area (Å²) in [6, 6.07) is 1.78. The number of carbonyl (C=O) groups is 2. The Hall–Kier alpha value is -2.06. The Morgan fingerprint density at radius 2 is 2.12 bits per heavy atom. The number of carboxylic acid groups (broad SMARTS) is 1. The number of benzene rings is 1. The minimum Gasteiger partial charge on any atom is -0.478 e. The third-order valence-corrected chi connectivity index (χ3v) is 2.08. The lowest BCUT2D eigenvalue weighted by Crippen LogP contribution is -2.00. The van der Waals surface area contributed by atoms with E-state index in [0.29, 0.717) is 0 Å². The fourth-order valence-corrected chi connectivity index (χ4v) is 1.22. The molecule has 1 rings (SSSR count). The summed E-state index contributed by atoms with van der Waals surface area (Å²) in [7, 11) is 1.13. The number of hydrogen-bond donors (Lipinski definition) is 1. The van der Waals surface area contributed by atoms with Gasteiger partial charge in [0.1, 0.15) is 5.82 Å². The van der Waals surface area contributed by atoms with E-state index in [2.05, 4.69) is 10.7 Å². The molecule has 0 unspecified atom stereocenters. The number of methoxy groups -OCH3 is 1. The van der Waals surface area contributed by atoms with Crippen molar-refractivity contribution >= 4 is 23.5 Å². The number of aromatic carboxylic acids is 1. The Morgan fingerprint density at radius 1 is 1.47 bits per heavy atom. The molecule has 6 heteroatoms. The first kappa shape index (κ1) is 13.0. The molecule has 0 atom stereocenters. The van der Waals surface area contributed by atoms with Crippen LogP contribution in [0.2, 0.25) is 5.02 Å². The van der Waals surface area contributed by atoms with Gasteiger partial charge in [-0.1, -0.05) is 17.5 Å². The molecule has 0 aliphatic heterocycles. The summed E-state index contributed by atoms with van der Waals surface area (Å²) in [5.74, 6) is 1.15. The molecule has 0 amide bonds. The predicted octanol–water partition coefficient (Wildman–Crippen LogP) is 1.70. The van der Waals surface area contributed by atoms with Crippen LogP contribution in [0.1, 0.15) is 15.9 Å². The van der Waals surface area contributed by atoms with Gasteiger partial charge in [0.2, 0.25) is 0 Å². The smallest absolute Gasteiger partial charge is 0.384 e. The van der Waals surface area contributed by atoms with Gasteiger partial charge in [0.15, 0.2) is 0 Å². The van der Waals surface area contributed by atoms with Crippen LogP contribution >= 0.6 is 11.6 Å². The largest absolute Gasteiger partial charge is 0.478 e. The highest BCUT2D eigenvalue weighted by Crippen LogP contribution is 2.20. The van der Waals surface area contributed by atoms with Gasteiger partial charge in [-0.25, -0.2) is 14.0 Å². The van der Waals surface area contributed by atoms with E-state index in [4.69, 9.17) is 16.7 Å². The maximum Gasteiger partial charge on any atom is 0.384 e. The zero-order valence-corrected chi connectivity index (χ0v) is 9.34. The lowest BCUT2D eigenvalue weighted by Gasteiger charge is -2.00. The van der Waals surface area contributed by atoms with E-state index in [9.17, 15) is 14.0 Å². The topological polar surface area (TPSA) is 63.6 Å². The highest BCUT2D eigenvalue weighted by molar-refractivity contribution is 6.33. The molecule has 0 aliphatic carbocycles. The molecule has 1 aromatic rings. The molecule has 0 aromatic heterocycles. The lowest BCUT2D eigenvalue weighted by molar-refractivity contribution is -0.133. The van der Waals surface area contributed by atoms with Crippen molar-refractivity contribution in [1.29, 1.82) is 0 Å². The minimum absolute atomic E-state index is 0.159. The molecule has 0 heterocycles. The second-order valence-electron chi connectivity index (χ2n) is 2.86. The summed E-state index contributed by atoms with van der Waals surface area (Å²) < 4.78 is 17.6. The van der Waals surface area contributed by atoms with Crippen LogP contribution in [-0.2, 0) is 9.53 Å². The number of halogens is 2. The lowest BCUT2D eigenvalue weighted by atomic mass is 10.1. The molecule has 1 aromatic carbocycles. The van der Waals surface area contributed by atoms with Gasteiger partial charge in [-0.05, 0) is 12.1 Å². The summed E-state index contributed by atoms with van der Waals surface area (Å²) in [6.45, 7) is 0. The van der Waals surface area contributed by atoms with E-state index < -0.39 is 17.8 Å². The first-order chi connectivity index (χ1) is 7.95. The zero-order chi connectivity index (χ0) is 13.0. The molecule has 0 fully saturated rings. The fourth-order valence-electron chi connectivity index (χ4n) is 0.976. The number of carboxylic acids is 1. The molecule has 0 aliphatic rings. The van der Waals surface area contributed by atoms with Crippen LogP contribution in [-0.4, -0.2) is 24.2 Å². The average molecular weight is 257 g/mol. The van der Waals surface area contributed by atoms with Gasteiger partial charge in [-0.2, -0.15) is 0 Å². The second-order valence-corrected chi connectivity index (χ2v) is 3.27. The zero-order valence-electron chi connectivity index (χ0n) is 8.58. The quantitative estimate of drug-likeness (QED) is 0.614. The monoisotopic (exact) mass is 256 g/mol. The standard InChI is InChI=1S/C11H6ClFO4/c1-17-10(14)3-2-6-4-8(12)7(11(15)16)5-9(6)13/h4-5H,1H3,(H,15,16). The van der Waals surface area contributed by atoms with Gasteiger partial charge in [0.25, 0.3) is 0 Å². The van der Waals surface area contributed by atoms with Crippen molar-refractivity contribution < 1.29 is 23.8 Å². The van der Waals surface area contributed by atoms with Gasteiger partial charge in [0.05, 0.1) is 23.3 Å². The second kappa shape index (κ2) is 5.32. The molecular formula is C11H6ClFO4. The molecule has 0 saturated carbocycles. The van der Waals surface area contributed by atoms with Crippen LogP contribution in [0.15, 0.2) is 12.1 Å². The summed E-state index contributed by atoms with van der Waals surface area (Å²) in [4.78, 5) is 21.3. The molecule has 17 heavy (non-hydrogen) atoms. The Balaban J connectivity index is 3.19. The van der Waals surface area contributed by atoms with Crippen molar-refractivity contribution in [2.24, 2.45) is 0 Å². The Morgan fingerprint density at radius 3 is 2.65 bits per heavy atom. The number of rotatable bonds is 1. The molecular weight excluding hydrogens is 251 g/mol. The minimum atomic E-state index is -1.35. The van der Waals surface area contributed by atoms with Crippen molar-refractivity contribution in [2.45, 2.75) is 0 Å². The summed E-state index contributed by atoms with van der Waals surface area (Å²) in [6.07, 6.45) is 0. The first-order valence-electron chi connectivity index (χ1n) is 4.28. The van der Waals surface area contributed by atoms with Crippen LogP contribution in [0.5, 0.6) is 0 Å². The van der Waals surface area contributed by atoms with Crippen molar-refractivity contribution in [3.8, 4) is 11.8 Å². The summed E-state index contributed by atoms with van der Waals surface area (Å²) in [5.41, 5.74) is -0.543. The van der Waals surface area contributed by atoms with E-state index in [1.54, 1.807) is 0 Å². The highest BCUT2D eigenvalue weighted by atomic mass is 35.5.